The molecule has 0 radical (unpaired) electrons. The molecule has 4 rings (SSSR count). The topological polar surface area (TPSA) is 66.9 Å². The molecule has 5 nitrogen and oxygen atoms in total. The molecular formula is C26H28N4O. The minimum atomic E-state index is -0.0595. The number of nitrogens with zero attached hydrogens (tertiary/aromatic N) is 2. The lowest BCUT2D eigenvalue weighted by atomic mass is 9.97. The van der Waals surface area contributed by atoms with E-state index in [-0.39, 0.29) is 5.91 Å². The SMILES string of the molecule is Cc1ccc(-c2cnc(Nc3cccc(C(=O)NCCC4=CCCCC4)c3)nc2)cc1. The normalized spacial score (nSPS) is 13.4. The Kier molecular flexibility index (Phi) is 6.72. The van der Waals surface area contributed by atoms with Gasteiger partial charge in [0.05, 0.1) is 0 Å². The van der Waals surface area contributed by atoms with Gasteiger partial charge in [-0.15, -0.1) is 0 Å². The molecule has 0 bridgehead atoms. The number of anilines is 2. The molecule has 0 saturated carbocycles. The van der Waals surface area contributed by atoms with Crippen LogP contribution in [0.4, 0.5) is 11.6 Å². The van der Waals surface area contributed by atoms with Crippen LogP contribution in [-0.2, 0) is 0 Å². The minimum Gasteiger partial charge on any atom is -0.352 e. The summed E-state index contributed by atoms with van der Waals surface area (Å²) in [6.45, 7) is 2.74. The van der Waals surface area contributed by atoms with Gasteiger partial charge >= 0.3 is 0 Å². The fraction of sp³-hybridized carbons (Fsp3) is 0.269. The standard InChI is InChI=1S/C26H28N4O/c1-19-10-12-21(13-11-19)23-17-28-26(29-18-23)30-24-9-5-8-22(16-24)25(31)27-15-14-20-6-3-2-4-7-20/h5-6,8-13,16-18H,2-4,7,14-15H2,1H3,(H,27,31)(H,28,29,30). The first-order chi connectivity index (χ1) is 15.2. The van der Waals surface area contributed by atoms with E-state index in [0.29, 0.717) is 18.1 Å². The Hall–Kier alpha value is -3.47. The number of carbonyl (C=O) groups is 1. The molecule has 0 fully saturated rings. The van der Waals surface area contributed by atoms with Crippen LogP contribution in [0.5, 0.6) is 0 Å². The molecule has 5 heteroatoms. The Labute approximate surface area is 183 Å². The highest BCUT2D eigenvalue weighted by molar-refractivity contribution is 5.95. The number of rotatable bonds is 7. The summed E-state index contributed by atoms with van der Waals surface area (Å²) in [6.07, 6.45) is 11.8. The maximum atomic E-state index is 12.5. The summed E-state index contributed by atoms with van der Waals surface area (Å²) in [5.74, 6) is 0.438. The lowest BCUT2D eigenvalue weighted by Crippen LogP contribution is -2.24. The van der Waals surface area contributed by atoms with E-state index in [0.717, 1.165) is 29.7 Å². The Morgan fingerprint density at radius 3 is 2.55 bits per heavy atom. The average Bonchev–Trinajstić information content (AvgIpc) is 2.81. The second-order valence-electron chi connectivity index (χ2n) is 7.98. The van der Waals surface area contributed by atoms with Crippen LogP contribution in [0.1, 0.15) is 48.0 Å². The predicted octanol–water partition coefficient (Wildman–Crippen LogP) is 5.82. The number of benzene rings is 2. The van der Waals surface area contributed by atoms with Crippen LogP contribution in [-0.4, -0.2) is 22.4 Å². The van der Waals surface area contributed by atoms with Gasteiger partial charge in [0.1, 0.15) is 0 Å². The van der Waals surface area contributed by atoms with Gasteiger partial charge in [-0.1, -0.05) is 47.5 Å². The van der Waals surface area contributed by atoms with Gasteiger partial charge < -0.3 is 10.6 Å². The third kappa shape index (κ3) is 5.79. The van der Waals surface area contributed by atoms with Gasteiger partial charge in [-0.2, -0.15) is 0 Å². The van der Waals surface area contributed by atoms with E-state index in [4.69, 9.17) is 0 Å². The molecule has 1 heterocycles. The summed E-state index contributed by atoms with van der Waals surface area (Å²) < 4.78 is 0. The first-order valence-corrected chi connectivity index (χ1v) is 10.9. The second-order valence-corrected chi connectivity index (χ2v) is 7.98. The van der Waals surface area contributed by atoms with E-state index in [1.165, 1.54) is 30.4 Å². The number of aromatic nitrogens is 2. The zero-order chi connectivity index (χ0) is 21.5. The van der Waals surface area contributed by atoms with Crippen LogP contribution in [0.15, 0.2) is 72.6 Å². The van der Waals surface area contributed by atoms with Crippen molar-refractivity contribution in [2.75, 3.05) is 11.9 Å². The monoisotopic (exact) mass is 412 g/mol. The number of aryl methyl sites for hydroxylation is 1. The number of carbonyl (C=O) groups excluding carboxylic acids is 1. The third-order valence-corrected chi connectivity index (χ3v) is 5.53. The van der Waals surface area contributed by atoms with Crippen molar-refractivity contribution in [2.24, 2.45) is 0 Å². The van der Waals surface area contributed by atoms with E-state index < -0.39 is 0 Å². The van der Waals surface area contributed by atoms with E-state index in [9.17, 15) is 4.79 Å². The highest BCUT2D eigenvalue weighted by Gasteiger charge is 2.09. The van der Waals surface area contributed by atoms with E-state index in [1.54, 1.807) is 12.4 Å². The quantitative estimate of drug-likeness (QED) is 0.480. The van der Waals surface area contributed by atoms with Crippen LogP contribution < -0.4 is 10.6 Å². The van der Waals surface area contributed by atoms with Gasteiger partial charge in [-0.05, 0) is 62.8 Å². The van der Waals surface area contributed by atoms with Crippen molar-refractivity contribution in [1.29, 1.82) is 0 Å². The van der Waals surface area contributed by atoms with Crippen molar-refractivity contribution >= 4 is 17.5 Å². The minimum absolute atomic E-state index is 0.0595. The molecule has 0 atom stereocenters. The maximum absolute atomic E-state index is 12.5. The average molecular weight is 413 g/mol. The van der Waals surface area contributed by atoms with Gasteiger partial charge in [0, 0.05) is 35.8 Å². The molecule has 1 amide bonds. The largest absolute Gasteiger partial charge is 0.352 e. The lowest BCUT2D eigenvalue weighted by Gasteiger charge is -2.13. The van der Waals surface area contributed by atoms with Crippen molar-refractivity contribution in [3.63, 3.8) is 0 Å². The van der Waals surface area contributed by atoms with Gasteiger partial charge in [0.2, 0.25) is 5.95 Å². The van der Waals surface area contributed by atoms with Gasteiger partial charge in [0.15, 0.2) is 0 Å². The summed E-state index contributed by atoms with van der Waals surface area (Å²) in [4.78, 5) is 21.4. The number of hydrogen-bond acceptors (Lipinski definition) is 4. The summed E-state index contributed by atoms with van der Waals surface area (Å²) in [5, 5.41) is 6.21. The fourth-order valence-electron chi connectivity index (χ4n) is 3.73. The summed E-state index contributed by atoms with van der Waals surface area (Å²) in [5.41, 5.74) is 6.14. The highest BCUT2D eigenvalue weighted by atomic mass is 16.1. The van der Waals surface area contributed by atoms with Crippen LogP contribution in [0, 0.1) is 6.92 Å². The molecule has 0 saturated heterocycles. The Balaban J connectivity index is 1.35. The molecule has 0 spiro atoms. The van der Waals surface area contributed by atoms with Crippen molar-refractivity contribution in [3.8, 4) is 11.1 Å². The van der Waals surface area contributed by atoms with E-state index in [2.05, 4.69) is 57.9 Å². The molecule has 31 heavy (non-hydrogen) atoms. The molecule has 3 aromatic rings. The van der Waals surface area contributed by atoms with Crippen molar-refractivity contribution in [3.05, 3.63) is 83.7 Å². The van der Waals surface area contributed by atoms with Gasteiger partial charge in [-0.3, -0.25) is 4.79 Å². The third-order valence-electron chi connectivity index (χ3n) is 5.53. The van der Waals surface area contributed by atoms with Gasteiger partial charge in [0.25, 0.3) is 5.91 Å². The lowest BCUT2D eigenvalue weighted by molar-refractivity contribution is 0.0954. The Morgan fingerprint density at radius 1 is 1.00 bits per heavy atom. The smallest absolute Gasteiger partial charge is 0.251 e. The number of nitrogens with one attached hydrogen (secondary N) is 2. The molecule has 1 aliphatic rings. The summed E-state index contributed by atoms with van der Waals surface area (Å²) in [7, 11) is 0. The molecular weight excluding hydrogens is 384 g/mol. The molecule has 2 N–H and O–H groups in total. The second kappa shape index (κ2) is 10.0. The highest BCUT2D eigenvalue weighted by Crippen LogP contribution is 2.21. The van der Waals surface area contributed by atoms with Crippen LogP contribution in [0.3, 0.4) is 0 Å². The molecule has 158 valence electrons. The van der Waals surface area contributed by atoms with E-state index >= 15 is 0 Å². The van der Waals surface area contributed by atoms with Crippen molar-refractivity contribution in [2.45, 2.75) is 39.0 Å². The first-order valence-electron chi connectivity index (χ1n) is 10.9. The van der Waals surface area contributed by atoms with E-state index in [1.807, 2.05) is 24.3 Å². The van der Waals surface area contributed by atoms with Crippen molar-refractivity contribution in [1.82, 2.24) is 15.3 Å². The molecule has 0 aliphatic heterocycles. The Bertz CT molecular complexity index is 1060. The number of hydrogen-bond donors (Lipinski definition) is 2. The fourth-order valence-corrected chi connectivity index (χ4v) is 3.73. The van der Waals surface area contributed by atoms with Crippen LogP contribution in [0.2, 0.25) is 0 Å². The Morgan fingerprint density at radius 2 is 1.81 bits per heavy atom. The maximum Gasteiger partial charge on any atom is 0.251 e. The first kappa shape index (κ1) is 20.8. The predicted molar refractivity (Wildman–Crippen MR) is 125 cm³/mol. The summed E-state index contributed by atoms with van der Waals surface area (Å²) in [6, 6.07) is 15.7. The molecule has 1 aliphatic carbocycles. The van der Waals surface area contributed by atoms with Crippen molar-refractivity contribution < 1.29 is 4.79 Å². The molecule has 0 unspecified atom stereocenters. The molecule has 2 aromatic carbocycles. The molecule has 1 aromatic heterocycles. The van der Waals surface area contributed by atoms with Gasteiger partial charge in [-0.25, -0.2) is 9.97 Å². The zero-order valence-electron chi connectivity index (χ0n) is 17.9. The number of allylic oxidation sites excluding steroid dienone is 1. The van der Waals surface area contributed by atoms with Crippen LogP contribution in [0.25, 0.3) is 11.1 Å². The van der Waals surface area contributed by atoms with Crippen LogP contribution >= 0.6 is 0 Å². The summed E-state index contributed by atoms with van der Waals surface area (Å²) >= 11 is 0. The number of amides is 1. The zero-order valence-corrected chi connectivity index (χ0v) is 17.9.